The number of hydrogen-bond acceptors (Lipinski definition) is 4. The van der Waals surface area contributed by atoms with E-state index in [2.05, 4.69) is 6.92 Å². The van der Waals surface area contributed by atoms with Crippen LogP contribution >= 0.6 is 0 Å². The SMILES string of the molecule is CCCCOc1ccc(C2C(=C(O)c3ccc(C)cc3)C(=O)C(=O)N2Cc2ccccc2)cc1. The highest BCUT2D eigenvalue weighted by Crippen LogP contribution is 2.40. The molecule has 0 aromatic heterocycles. The summed E-state index contributed by atoms with van der Waals surface area (Å²) in [6, 6.07) is 23.5. The summed E-state index contributed by atoms with van der Waals surface area (Å²) in [6.07, 6.45) is 2.01. The van der Waals surface area contributed by atoms with Gasteiger partial charge in [0.15, 0.2) is 0 Å². The summed E-state index contributed by atoms with van der Waals surface area (Å²) < 4.78 is 5.77. The highest BCUT2D eigenvalue weighted by Gasteiger charge is 2.46. The van der Waals surface area contributed by atoms with Gasteiger partial charge in [0.2, 0.25) is 0 Å². The van der Waals surface area contributed by atoms with E-state index >= 15 is 0 Å². The van der Waals surface area contributed by atoms with Crippen LogP contribution in [0.15, 0.2) is 84.4 Å². The third-order valence-electron chi connectivity index (χ3n) is 6.02. The van der Waals surface area contributed by atoms with Crippen LogP contribution in [0.4, 0.5) is 0 Å². The molecule has 1 fully saturated rings. The molecule has 1 amide bonds. The molecule has 4 rings (SSSR count). The Morgan fingerprint density at radius 3 is 2.26 bits per heavy atom. The maximum atomic E-state index is 13.2. The van der Waals surface area contributed by atoms with E-state index in [0.29, 0.717) is 12.2 Å². The van der Waals surface area contributed by atoms with Gasteiger partial charge in [-0.3, -0.25) is 9.59 Å². The van der Waals surface area contributed by atoms with Gasteiger partial charge in [0.05, 0.1) is 18.2 Å². The molecule has 1 heterocycles. The lowest BCUT2D eigenvalue weighted by Crippen LogP contribution is -2.29. The smallest absolute Gasteiger partial charge is 0.295 e. The van der Waals surface area contributed by atoms with Crippen molar-refractivity contribution in [2.75, 3.05) is 6.61 Å². The van der Waals surface area contributed by atoms with Crippen LogP contribution < -0.4 is 4.74 Å². The number of carbonyl (C=O) groups is 2. The number of unbranched alkanes of at least 4 members (excludes halogenated alkanes) is 1. The fourth-order valence-corrected chi connectivity index (χ4v) is 4.12. The van der Waals surface area contributed by atoms with E-state index in [1.54, 1.807) is 12.1 Å². The highest BCUT2D eigenvalue weighted by atomic mass is 16.5. The van der Waals surface area contributed by atoms with Crippen LogP contribution in [0.3, 0.4) is 0 Å². The van der Waals surface area contributed by atoms with Crippen molar-refractivity contribution in [1.82, 2.24) is 4.90 Å². The molecular weight excluding hydrogens is 426 g/mol. The Morgan fingerprint density at radius 2 is 1.62 bits per heavy atom. The second-order valence-electron chi connectivity index (χ2n) is 8.55. The summed E-state index contributed by atoms with van der Waals surface area (Å²) >= 11 is 0. The van der Waals surface area contributed by atoms with Crippen molar-refractivity contribution < 1.29 is 19.4 Å². The van der Waals surface area contributed by atoms with Crippen LogP contribution in [0.5, 0.6) is 5.75 Å². The average molecular weight is 456 g/mol. The fourth-order valence-electron chi connectivity index (χ4n) is 4.12. The summed E-state index contributed by atoms with van der Waals surface area (Å²) in [5.74, 6) is -0.731. The number of benzene rings is 3. The molecule has 1 N–H and O–H groups in total. The largest absolute Gasteiger partial charge is 0.507 e. The van der Waals surface area contributed by atoms with Crippen LogP contribution in [0.25, 0.3) is 5.76 Å². The lowest BCUT2D eigenvalue weighted by atomic mass is 9.95. The quantitative estimate of drug-likeness (QED) is 0.202. The molecule has 1 saturated heterocycles. The molecule has 0 saturated carbocycles. The number of aliphatic hydroxyl groups is 1. The summed E-state index contributed by atoms with van der Waals surface area (Å²) in [5, 5.41) is 11.2. The van der Waals surface area contributed by atoms with E-state index < -0.39 is 17.7 Å². The Bertz CT molecular complexity index is 1180. The van der Waals surface area contributed by atoms with E-state index in [9.17, 15) is 14.7 Å². The van der Waals surface area contributed by atoms with Crippen LogP contribution in [0.2, 0.25) is 0 Å². The number of amides is 1. The van der Waals surface area contributed by atoms with Crippen molar-refractivity contribution in [3.63, 3.8) is 0 Å². The molecule has 1 aliphatic rings. The number of ketones is 1. The van der Waals surface area contributed by atoms with Gasteiger partial charge >= 0.3 is 0 Å². The van der Waals surface area contributed by atoms with Crippen molar-refractivity contribution in [3.8, 4) is 5.75 Å². The topological polar surface area (TPSA) is 66.8 Å². The lowest BCUT2D eigenvalue weighted by Gasteiger charge is -2.25. The molecule has 3 aromatic carbocycles. The first-order valence-corrected chi connectivity index (χ1v) is 11.6. The van der Waals surface area contributed by atoms with Gasteiger partial charge in [-0.15, -0.1) is 0 Å². The maximum absolute atomic E-state index is 13.2. The van der Waals surface area contributed by atoms with E-state index in [4.69, 9.17) is 4.74 Å². The predicted molar refractivity (Wildman–Crippen MR) is 132 cm³/mol. The number of carbonyl (C=O) groups excluding carboxylic acids is 2. The summed E-state index contributed by atoms with van der Waals surface area (Å²) in [4.78, 5) is 27.9. The van der Waals surface area contributed by atoms with Gasteiger partial charge in [-0.2, -0.15) is 0 Å². The van der Waals surface area contributed by atoms with Crippen LogP contribution in [-0.4, -0.2) is 28.3 Å². The second-order valence-corrected chi connectivity index (χ2v) is 8.55. The molecule has 174 valence electrons. The van der Waals surface area contributed by atoms with Gasteiger partial charge in [-0.25, -0.2) is 0 Å². The van der Waals surface area contributed by atoms with Gasteiger partial charge in [0.25, 0.3) is 11.7 Å². The van der Waals surface area contributed by atoms with E-state index in [0.717, 1.165) is 35.3 Å². The summed E-state index contributed by atoms with van der Waals surface area (Å²) in [7, 11) is 0. The molecule has 1 atom stereocenters. The monoisotopic (exact) mass is 455 g/mol. The molecule has 0 bridgehead atoms. The first-order chi connectivity index (χ1) is 16.5. The summed E-state index contributed by atoms with van der Waals surface area (Å²) in [5.41, 5.74) is 3.30. The molecule has 5 heteroatoms. The molecule has 5 nitrogen and oxygen atoms in total. The first-order valence-electron chi connectivity index (χ1n) is 11.6. The molecule has 0 aliphatic carbocycles. The van der Waals surface area contributed by atoms with Crippen LogP contribution in [-0.2, 0) is 16.1 Å². The zero-order valence-electron chi connectivity index (χ0n) is 19.5. The van der Waals surface area contributed by atoms with E-state index in [1.807, 2.05) is 73.7 Å². The Morgan fingerprint density at radius 1 is 0.941 bits per heavy atom. The molecular formula is C29H29NO4. The van der Waals surface area contributed by atoms with Gasteiger partial charge in [0.1, 0.15) is 11.5 Å². The van der Waals surface area contributed by atoms with Crippen molar-refractivity contribution in [2.45, 2.75) is 39.3 Å². The van der Waals surface area contributed by atoms with Crippen molar-refractivity contribution in [1.29, 1.82) is 0 Å². The van der Waals surface area contributed by atoms with Crippen molar-refractivity contribution in [3.05, 3.63) is 107 Å². The van der Waals surface area contributed by atoms with E-state index in [-0.39, 0.29) is 17.9 Å². The van der Waals surface area contributed by atoms with E-state index in [1.165, 1.54) is 4.90 Å². The highest BCUT2D eigenvalue weighted by molar-refractivity contribution is 6.46. The Hall–Kier alpha value is -3.86. The maximum Gasteiger partial charge on any atom is 0.295 e. The first kappa shape index (κ1) is 23.3. The molecule has 1 aliphatic heterocycles. The minimum Gasteiger partial charge on any atom is -0.507 e. The van der Waals surface area contributed by atoms with Gasteiger partial charge in [-0.05, 0) is 36.6 Å². The average Bonchev–Trinajstić information content (AvgIpc) is 3.10. The Kier molecular flexibility index (Phi) is 7.12. The predicted octanol–water partition coefficient (Wildman–Crippen LogP) is 5.80. The number of likely N-dealkylation sites (tertiary alicyclic amines) is 1. The Labute approximate surface area is 200 Å². The number of hydrogen-bond donors (Lipinski definition) is 1. The third-order valence-corrected chi connectivity index (χ3v) is 6.02. The molecule has 34 heavy (non-hydrogen) atoms. The third kappa shape index (κ3) is 4.88. The van der Waals surface area contributed by atoms with Gasteiger partial charge in [-0.1, -0.05) is 85.6 Å². The minimum atomic E-state index is -0.703. The van der Waals surface area contributed by atoms with Gasteiger partial charge < -0.3 is 14.7 Å². The number of ether oxygens (including phenoxy) is 1. The Balaban J connectivity index is 1.76. The minimum absolute atomic E-state index is 0.101. The lowest BCUT2D eigenvalue weighted by molar-refractivity contribution is -0.140. The van der Waals surface area contributed by atoms with Crippen LogP contribution in [0.1, 0.15) is 48.1 Å². The zero-order chi connectivity index (χ0) is 24.1. The standard InChI is InChI=1S/C29H29NO4/c1-3-4-18-34-24-16-14-22(15-17-24)26-25(27(31)23-12-10-20(2)11-13-23)28(32)29(33)30(26)19-21-8-6-5-7-9-21/h5-17,26,31H,3-4,18-19H2,1-2H3. The fraction of sp³-hybridized carbons (Fsp3) is 0.241. The number of nitrogens with zero attached hydrogens (tertiary/aromatic N) is 1. The number of rotatable bonds is 8. The molecule has 3 aromatic rings. The number of aryl methyl sites for hydroxylation is 1. The molecule has 0 spiro atoms. The molecule has 1 unspecified atom stereocenters. The van der Waals surface area contributed by atoms with Crippen molar-refractivity contribution >= 4 is 17.4 Å². The van der Waals surface area contributed by atoms with Gasteiger partial charge in [0, 0.05) is 12.1 Å². The van der Waals surface area contributed by atoms with Crippen molar-refractivity contribution in [2.24, 2.45) is 0 Å². The number of Topliss-reactive ketones (excluding diaryl/α,β-unsaturated/α-hetero) is 1. The normalized spacial score (nSPS) is 17.2. The number of aliphatic hydroxyl groups excluding tert-OH is 1. The zero-order valence-corrected chi connectivity index (χ0v) is 19.5. The van der Waals surface area contributed by atoms with Crippen LogP contribution in [0, 0.1) is 6.92 Å². The second kappa shape index (κ2) is 10.4. The summed E-state index contributed by atoms with van der Waals surface area (Å²) in [6.45, 7) is 4.95. The molecule has 0 radical (unpaired) electrons.